The molecule has 2 aliphatic rings. The number of carbonyl (C=O) groups is 1. The maximum atomic E-state index is 13.0. The Morgan fingerprint density at radius 2 is 1.83 bits per heavy atom. The van der Waals surface area contributed by atoms with Gasteiger partial charge in [0.05, 0.1) is 12.2 Å². The number of carbonyl (C=O) groups excluding carboxylic acids is 1. The third-order valence-corrected chi connectivity index (χ3v) is 5.02. The molecule has 2 heterocycles. The number of hydrogen-bond donors (Lipinski definition) is 0. The summed E-state index contributed by atoms with van der Waals surface area (Å²) in [5, 5.41) is 0. The Kier molecular flexibility index (Phi) is 5.07. The van der Waals surface area contributed by atoms with Crippen LogP contribution < -0.4 is 4.90 Å². The fourth-order valence-corrected chi connectivity index (χ4v) is 3.71. The van der Waals surface area contributed by atoms with E-state index in [1.54, 1.807) is 0 Å². The first-order valence-corrected chi connectivity index (χ1v) is 9.30. The SMILES string of the molecule is CC.O=C1N(Cc2ccc(Br)cc2)c2ccccc2C12CCCO2. The van der Waals surface area contributed by atoms with Gasteiger partial charge in [-0.25, -0.2) is 0 Å². The number of hydrogen-bond acceptors (Lipinski definition) is 2. The molecule has 2 aromatic rings. The van der Waals surface area contributed by atoms with Gasteiger partial charge in [0.2, 0.25) is 0 Å². The highest BCUT2D eigenvalue weighted by atomic mass is 79.9. The van der Waals surface area contributed by atoms with Gasteiger partial charge >= 0.3 is 0 Å². The van der Waals surface area contributed by atoms with Gasteiger partial charge in [-0.15, -0.1) is 0 Å². The highest BCUT2D eigenvalue weighted by molar-refractivity contribution is 9.10. The molecule has 1 fully saturated rings. The van der Waals surface area contributed by atoms with Crippen molar-refractivity contribution in [3.05, 3.63) is 64.1 Å². The van der Waals surface area contributed by atoms with E-state index in [4.69, 9.17) is 4.74 Å². The van der Waals surface area contributed by atoms with Crippen LogP contribution >= 0.6 is 15.9 Å². The molecule has 0 radical (unpaired) electrons. The molecule has 1 atom stereocenters. The van der Waals surface area contributed by atoms with Crippen molar-refractivity contribution in [1.29, 1.82) is 0 Å². The molecule has 0 aromatic heterocycles. The van der Waals surface area contributed by atoms with Crippen LogP contribution in [0.5, 0.6) is 0 Å². The van der Waals surface area contributed by atoms with Crippen molar-refractivity contribution in [2.45, 2.75) is 38.8 Å². The molecule has 2 aliphatic heterocycles. The number of halogens is 1. The number of benzene rings is 2. The summed E-state index contributed by atoms with van der Waals surface area (Å²) in [6.07, 6.45) is 1.71. The Morgan fingerprint density at radius 1 is 1.12 bits per heavy atom. The minimum atomic E-state index is -0.744. The summed E-state index contributed by atoms with van der Waals surface area (Å²) in [5.41, 5.74) is 2.37. The first kappa shape index (κ1) is 17.2. The van der Waals surface area contributed by atoms with E-state index in [0.29, 0.717) is 13.2 Å². The van der Waals surface area contributed by atoms with Gasteiger partial charge in [0, 0.05) is 16.6 Å². The van der Waals surface area contributed by atoms with Gasteiger partial charge in [0.15, 0.2) is 5.60 Å². The van der Waals surface area contributed by atoms with Crippen LogP contribution in [0.2, 0.25) is 0 Å². The number of para-hydroxylation sites is 1. The maximum Gasteiger partial charge on any atom is 0.264 e. The van der Waals surface area contributed by atoms with E-state index in [9.17, 15) is 4.79 Å². The number of ether oxygens (including phenoxy) is 1. The Hall–Kier alpha value is -1.65. The topological polar surface area (TPSA) is 29.5 Å². The van der Waals surface area contributed by atoms with Crippen LogP contribution in [0.1, 0.15) is 37.8 Å². The largest absolute Gasteiger partial charge is 0.360 e. The molecule has 1 saturated heterocycles. The van der Waals surface area contributed by atoms with Crippen molar-refractivity contribution >= 4 is 27.5 Å². The van der Waals surface area contributed by atoms with E-state index in [1.807, 2.05) is 67.3 Å². The maximum absolute atomic E-state index is 13.0. The molecular weight excluding hydrogens is 366 g/mol. The predicted octanol–water partition coefficient (Wildman–Crippen LogP) is 5.03. The Balaban J connectivity index is 0.000000815. The van der Waals surface area contributed by atoms with Crippen LogP contribution in [0.25, 0.3) is 0 Å². The molecule has 4 heteroatoms. The van der Waals surface area contributed by atoms with Crippen molar-refractivity contribution in [3.8, 4) is 0 Å². The zero-order chi connectivity index (χ0) is 17.2. The van der Waals surface area contributed by atoms with E-state index in [-0.39, 0.29) is 5.91 Å². The van der Waals surface area contributed by atoms with E-state index in [1.165, 1.54) is 0 Å². The zero-order valence-corrected chi connectivity index (χ0v) is 15.7. The molecular formula is C20H22BrNO2. The van der Waals surface area contributed by atoms with E-state index < -0.39 is 5.60 Å². The fraction of sp³-hybridized carbons (Fsp3) is 0.350. The molecule has 0 bridgehead atoms. The molecule has 126 valence electrons. The summed E-state index contributed by atoms with van der Waals surface area (Å²) in [4.78, 5) is 14.9. The smallest absolute Gasteiger partial charge is 0.264 e. The van der Waals surface area contributed by atoms with E-state index in [0.717, 1.165) is 34.1 Å². The highest BCUT2D eigenvalue weighted by Gasteiger charge is 2.53. The molecule has 0 saturated carbocycles. The van der Waals surface area contributed by atoms with Crippen LogP contribution in [-0.4, -0.2) is 12.5 Å². The average molecular weight is 388 g/mol. The summed E-state index contributed by atoms with van der Waals surface area (Å²) < 4.78 is 6.97. The molecule has 4 rings (SSSR count). The van der Waals surface area contributed by atoms with Crippen LogP contribution in [-0.2, 0) is 21.7 Å². The first-order valence-electron chi connectivity index (χ1n) is 8.51. The number of nitrogens with zero attached hydrogens (tertiary/aromatic N) is 1. The molecule has 1 unspecified atom stereocenters. The molecule has 2 aromatic carbocycles. The minimum Gasteiger partial charge on any atom is -0.360 e. The summed E-state index contributed by atoms with van der Waals surface area (Å²) in [6, 6.07) is 16.1. The lowest BCUT2D eigenvalue weighted by molar-refractivity contribution is -0.137. The predicted molar refractivity (Wildman–Crippen MR) is 100.0 cm³/mol. The molecule has 0 N–H and O–H groups in total. The summed E-state index contributed by atoms with van der Waals surface area (Å²) >= 11 is 3.44. The van der Waals surface area contributed by atoms with Gasteiger partial charge in [-0.05, 0) is 36.6 Å². The number of amides is 1. The lowest BCUT2D eigenvalue weighted by Gasteiger charge is -2.23. The summed E-state index contributed by atoms with van der Waals surface area (Å²) in [6.45, 7) is 5.24. The van der Waals surface area contributed by atoms with Crippen molar-refractivity contribution < 1.29 is 9.53 Å². The van der Waals surface area contributed by atoms with E-state index >= 15 is 0 Å². The van der Waals surface area contributed by atoms with Crippen molar-refractivity contribution in [1.82, 2.24) is 0 Å². The second-order valence-corrected chi connectivity index (χ2v) is 6.73. The van der Waals surface area contributed by atoms with Crippen LogP contribution in [0.3, 0.4) is 0 Å². The lowest BCUT2D eigenvalue weighted by atomic mass is 9.92. The number of fused-ring (bicyclic) bond motifs is 2. The second kappa shape index (κ2) is 7.08. The quantitative estimate of drug-likeness (QED) is 0.723. The molecule has 24 heavy (non-hydrogen) atoms. The first-order chi connectivity index (χ1) is 11.7. The molecule has 0 aliphatic carbocycles. The molecule has 1 spiro atoms. The Bertz CT molecular complexity index is 721. The summed E-state index contributed by atoms with van der Waals surface area (Å²) in [5.74, 6) is 0.0779. The second-order valence-electron chi connectivity index (χ2n) is 5.81. The van der Waals surface area contributed by atoms with Gasteiger partial charge in [-0.3, -0.25) is 4.79 Å². The van der Waals surface area contributed by atoms with Crippen LogP contribution in [0.4, 0.5) is 5.69 Å². The van der Waals surface area contributed by atoms with Gasteiger partial charge in [-0.1, -0.05) is 60.1 Å². The van der Waals surface area contributed by atoms with Crippen molar-refractivity contribution in [2.75, 3.05) is 11.5 Å². The van der Waals surface area contributed by atoms with Gasteiger partial charge < -0.3 is 9.64 Å². The monoisotopic (exact) mass is 387 g/mol. The zero-order valence-electron chi connectivity index (χ0n) is 14.1. The van der Waals surface area contributed by atoms with E-state index in [2.05, 4.69) is 15.9 Å². The van der Waals surface area contributed by atoms with Crippen LogP contribution in [0.15, 0.2) is 53.0 Å². The normalized spacial score (nSPS) is 21.6. The molecule has 1 amide bonds. The lowest BCUT2D eigenvalue weighted by Crippen LogP contribution is -2.39. The van der Waals surface area contributed by atoms with Gasteiger partial charge in [0.25, 0.3) is 5.91 Å². The minimum absolute atomic E-state index is 0.0779. The average Bonchev–Trinajstić information content (AvgIpc) is 3.20. The van der Waals surface area contributed by atoms with Gasteiger partial charge in [0.1, 0.15) is 0 Å². The summed E-state index contributed by atoms with van der Waals surface area (Å²) in [7, 11) is 0. The Labute approximate surface area is 151 Å². The van der Waals surface area contributed by atoms with Gasteiger partial charge in [-0.2, -0.15) is 0 Å². The number of anilines is 1. The standard InChI is InChI=1S/C18H16BrNO2.C2H6/c19-14-8-6-13(7-9-14)12-20-16-5-2-1-4-15(16)18(17(20)21)10-3-11-22-18;1-2/h1-2,4-9H,3,10-12H2;1-2H3. The Morgan fingerprint density at radius 3 is 2.50 bits per heavy atom. The fourth-order valence-electron chi connectivity index (χ4n) is 3.44. The highest BCUT2D eigenvalue weighted by Crippen LogP contribution is 2.48. The third-order valence-electron chi connectivity index (χ3n) is 4.50. The third kappa shape index (κ3) is 2.78. The van der Waals surface area contributed by atoms with Crippen molar-refractivity contribution in [2.24, 2.45) is 0 Å². The van der Waals surface area contributed by atoms with Crippen molar-refractivity contribution in [3.63, 3.8) is 0 Å². The number of rotatable bonds is 2. The van der Waals surface area contributed by atoms with Crippen LogP contribution in [0, 0.1) is 0 Å². The molecule has 3 nitrogen and oxygen atoms in total.